The van der Waals surface area contributed by atoms with Gasteiger partial charge in [-0.2, -0.15) is 0 Å². The van der Waals surface area contributed by atoms with E-state index in [9.17, 15) is 0 Å². The van der Waals surface area contributed by atoms with Crippen LogP contribution in [0.2, 0.25) is 0 Å². The van der Waals surface area contributed by atoms with Crippen LogP contribution >= 0.6 is 0 Å². The number of allylic oxidation sites excluding steroid dienone is 1. The first kappa shape index (κ1) is 14.3. The first-order chi connectivity index (χ1) is 11.8. The predicted molar refractivity (Wildman–Crippen MR) is 99.1 cm³/mol. The van der Waals surface area contributed by atoms with Crippen molar-refractivity contribution in [2.45, 2.75) is 8.45 Å². The molecule has 0 aliphatic heterocycles. The second-order valence-electron chi connectivity index (χ2n) is 6.65. The fourth-order valence-electron chi connectivity index (χ4n) is 4.31. The number of hydrogen-bond acceptors (Lipinski definition) is 0. The molecule has 0 radical (unpaired) electrons. The molecule has 114 valence electrons. The Balaban J connectivity index is 1.65. The summed E-state index contributed by atoms with van der Waals surface area (Å²) in [5.74, 6) is 0. The monoisotopic (exact) mass is 342 g/mol. The van der Waals surface area contributed by atoms with E-state index in [1.165, 1.54) is 33.4 Å². The van der Waals surface area contributed by atoms with E-state index in [1.807, 2.05) is 0 Å². The summed E-state index contributed by atoms with van der Waals surface area (Å²) in [6, 6.07) is 26.7. The Kier molecular flexibility index (Phi) is 3.29. The molecule has 2 aliphatic rings. The van der Waals surface area contributed by atoms with Crippen LogP contribution < -0.4 is 0 Å². The van der Waals surface area contributed by atoms with Crippen molar-refractivity contribution in [2.75, 3.05) is 0 Å². The van der Waals surface area contributed by atoms with Crippen LogP contribution in [-0.2, 0) is 17.4 Å². The summed E-state index contributed by atoms with van der Waals surface area (Å²) >= 11 is -1.68. The molecule has 24 heavy (non-hydrogen) atoms. The van der Waals surface area contributed by atoms with Crippen LogP contribution in [0.25, 0.3) is 17.2 Å². The quantitative estimate of drug-likeness (QED) is 0.534. The first-order valence-corrected chi connectivity index (χ1v) is 11.4. The Labute approximate surface area is 148 Å². The Hall–Kier alpha value is -2.02. The molecule has 0 saturated heterocycles. The van der Waals surface area contributed by atoms with Gasteiger partial charge >= 0.3 is 149 Å². The molecule has 0 N–H and O–H groups in total. The van der Waals surface area contributed by atoms with Crippen molar-refractivity contribution < 1.29 is 17.4 Å². The van der Waals surface area contributed by atoms with Gasteiger partial charge in [-0.05, 0) is 0 Å². The Morgan fingerprint density at radius 3 is 1.88 bits per heavy atom. The van der Waals surface area contributed by atoms with Crippen LogP contribution in [0.1, 0.15) is 30.7 Å². The molecular formula is C23H18Ti. The molecule has 0 nitrogen and oxygen atoms in total. The van der Waals surface area contributed by atoms with Crippen molar-refractivity contribution in [2.24, 2.45) is 0 Å². The van der Waals surface area contributed by atoms with E-state index in [0.29, 0.717) is 8.45 Å². The molecule has 3 aromatic rings. The molecule has 3 aromatic carbocycles. The second-order valence-corrected chi connectivity index (χ2v) is 10.3. The van der Waals surface area contributed by atoms with Gasteiger partial charge in [-0.1, -0.05) is 0 Å². The molecular weight excluding hydrogens is 324 g/mol. The molecule has 1 heteroatoms. The third-order valence-electron chi connectivity index (χ3n) is 5.40. The summed E-state index contributed by atoms with van der Waals surface area (Å²) in [5, 5.41) is 0. The average molecular weight is 342 g/mol. The van der Waals surface area contributed by atoms with E-state index in [-0.39, 0.29) is 0 Å². The van der Waals surface area contributed by atoms with Crippen LogP contribution in [0, 0.1) is 0 Å². The van der Waals surface area contributed by atoms with Gasteiger partial charge in [0.05, 0.1) is 0 Å². The van der Waals surface area contributed by atoms with E-state index in [4.69, 9.17) is 4.82 Å². The van der Waals surface area contributed by atoms with E-state index >= 15 is 0 Å². The normalized spacial score (nSPS) is 17.4. The minimum atomic E-state index is -1.68. The van der Waals surface area contributed by atoms with Gasteiger partial charge in [-0.3, -0.25) is 0 Å². The van der Waals surface area contributed by atoms with Crippen LogP contribution in [0.5, 0.6) is 0 Å². The fraction of sp³-hybridized carbons (Fsp3) is 0.0870. The molecule has 0 fully saturated rings. The summed E-state index contributed by atoms with van der Waals surface area (Å²) in [7, 11) is 0. The van der Waals surface area contributed by atoms with Crippen LogP contribution in [0.4, 0.5) is 0 Å². The Bertz CT molecular complexity index is 951. The first-order valence-electron chi connectivity index (χ1n) is 8.48. The summed E-state index contributed by atoms with van der Waals surface area (Å²) in [6.07, 6.45) is 4.71. The van der Waals surface area contributed by atoms with Crippen molar-refractivity contribution >= 4 is 10.9 Å². The Morgan fingerprint density at radius 2 is 1.21 bits per heavy atom. The number of rotatable bonds is 2. The molecule has 0 saturated carbocycles. The van der Waals surface area contributed by atoms with Crippen molar-refractivity contribution in [3.05, 3.63) is 101 Å². The fourth-order valence-corrected chi connectivity index (χ4v) is 8.47. The summed E-state index contributed by atoms with van der Waals surface area (Å²) in [5.41, 5.74) is 8.71. The Morgan fingerprint density at radius 1 is 0.667 bits per heavy atom. The third kappa shape index (κ3) is 2.00. The van der Waals surface area contributed by atoms with Gasteiger partial charge in [0.1, 0.15) is 0 Å². The number of hydrogen-bond donors (Lipinski definition) is 0. The van der Waals surface area contributed by atoms with Gasteiger partial charge in [0.2, 0.25) is 0 Å². The van der Waals surface area contributed by atoms with Gasteiger partial charge in [-0.15, -0.1) is 0 Å². The van der Waals surface area contributed by atoms with Gasteiger partial charge in [0.15, 0.2) is 0 Å². The second kappa shape index (κ2) is 5.51. The molecule has 0 bridgehead atoms. The predicted octanol–water partition coefficient (Wildman–Crippen LogP) is 5.57. The van der Waals surface area contributed by atoms with E-state index in [0.717, 1.165) is 0 Å². The summed E-state index contributed by atoms with van der Waals surface area (Å²) < 4.78 is 1.07. The topological polar surface area (TPSA) is 0 Å². The zero-order chi connectivity index (χ0) is 16.1. The molecule has 0 amide bonds. The number of benzene rings is 3. The van der Waals surface area contributed by atoms with Crippen molar-refractivity contribution in [1.82, 2.24) is 0 Å². The van der Waals surface area contributed by atoms with Crippen molar-refractivity contribution in [1.29, 1.82) is 0 Å². The third-order valence-corrected chi connectivity index (χ3v) is 9.57. The van der Waals surface area contributed by atoms with Gasteiger partial charge in [0.25, 0.3) is 0 Å². The molecule has 0 heterocycles. The van der Waals surface area contributed by atoms with Crippen LogP contribution in [-0.4, -0.2) is 4.82 Å². The van der Waals surface area contributed by atoms with E-state index in [1.54, 1.807) is 0 Å². The summed E-state index contributed by atoms with van der Waals surface area (Å²) in [6.45, 7) is 0. The van der Waals surface area contributed by atoms with Crippen LogP contribution in [0.15, 0.2) is 78.9 Å². The van der Waals surface area contributed by atoms with Gasteiger partial charge < -0.3 is 0 Å². The number of fused-ring (bicyclic) bond motifs is 4. The van der Waals surface area contributed by atoms with Crippen molar-refractivity contribution in [3.63, 3.8) is 0 Å². The molecule has 2 aliphatic carbocycles. The van der Waals surface area contributed by atoms with Gasteiger partial charge in [-0.25, -0.2) is 0 Å². The minimum absolute atomic E-state index is 0.526. The maximum absolute atomic E-state index is 4.81. The standard InChI is InChI=1S/C13H9.C9H7.CH2.Ti/c1-3-7-12-10(5-1)9-11-6-2-4-8-13(11)12;1-2-5-9-7-3-6-8(9)4-1;;/h1-9H;1-7H;1H2;. The van der Waals surface area contributed by atoms with E-state index < -0.39 is 17.4 Å². The molecule has 1 unspecified atom stereocenters. The van der Waals surface area contributed by atoms with E-state index in [2.05, 4.69) is 84.9 Å². The van der Waals surface area contributed by atoms with Gasteiger partial charge in [0, 0.05) is 0 Å². The van der Waals surface area contributed by atoms with Crippen LogP contribution in [0.3, 0.4) is 0 Å². The maximum atomic E-state index is 4.81. The zero-order valence-electron chi connectivity index (χ0n) is 13.4. The molecule has 0 spiro atoms. The SMILES string of the molecule is [CH2]=[Ti]([CH]1C=Cc2ccccc21)[CH]1c2ccccc2-c2ccccc21. The summed E-state index contributed by atoms with van der Waals surface area (Å²) in [4.78, 5) is 4.81. The molecule has 0 aromatic heterocycles. The molecule has 1 atom stereocenters. The zero-order valence-corrected chi connectivity index (χ0v) is 15.0. The molecule has 5 rings (SSSR count). The average Bonchev–Trinajstić information content (AvgIpc) is 3.21. The van der Waals surface area contributed by atoms with Crippen molar-refractivity contribution in [3.8, 4) is 11.1 Å².